The molecule has 0 spiro atoms. The van der Waals surface area contributed by atoms with Gasteiger partial charge in [0.1, 0.15) is 18.1 Å². The van der Waals surface area contributed by atoms with Gasteiger partial charge in [-0.25, -0.2) is 0 Å². The van der Waals surface area contributed by atoms with Crippen LogP contribution in [-0.2, 0) is 35.0 Å². The van der Waals surface area contributed by atoms with E-state index in [9.17, 15) is 14.4 Å². The lowest BCUT2D eigenvalue weighted by Gasteiger charge is -2.37. The van der Waals surface area contributed by atoms with Crippen LogP contribution in [0.3, 0.4) is 0 Å². The minimum absolute atomic E-state index is 0.128. The number of amides is 2. The second-order valence-electron chi connectivity index (χ2n) is 15.8. The van der Waals surface area contributed by atoms with E-state index in [1.807, 2.05) is 57.2 Å². The zero-order valence-corrected chi connectivity index (χ0v) is 39.5. The Morgan fingerprint density at radius 1 is 0.742 bits per heavy atom. The molecule has 1 saturated heterocycles. The zero-order valence-electron chi connectivity index (χ0n) is 39.5. The average molecular weight is 916 g/mol. The van der Waals surface area contributed by atoms with Gasteiger partial charge in [0.15, 0.2) is 0 Å². The smallest absolute Gasteiger partial charge is 0.253 e. The standard InChI is InChI=1S/C50H69N5O11/c1-7-55(41-14-17-60-18-15-41)46-32-40(31-43(37(46)4)49(57)53-34-44-35(2)30-36(3)54-50(44)58)38-8-11-42(12-9-38)66-29-28-65-27-26-64-25-24-63-23-22-62-21-20-61-19-16-52-48(56)39-10-13-45(51-5)47(33-39)59-6/h8-13,30-33,41,51H,7,14-29,34H2,1-6H3,(H,52,56)(H,53,57)(H,54,58). The number of rotatable bonds is 29. The third-order valence-corrected chi connectivity index (χ3v) is 11.3. The molecule has 0 unspecified atom stereocenters. The summed E-state index contributed by atoms with van der Waals surface area (Å²) in [6.45, 7) is 15.3. The number of hydrogen-bond donors (Lipinski definition) is 4. The van der Waals surface area contributed by atoms with Crippen LogP contribution in [-0.4, -0.2) is 136 Å². The minimum atomic E-state index is -0.232. The first kappa shape index (κ1) is 51.5. The molecule has 1 aliphatic rings. The number of aromatic amines is 1. The third-order valence-electron chi connectivity index (χ3n) is 11.3. The Morgan fingerprint density at radius 2 is 1.36 bits per heavy atom. The predicted molar refractivity (Wildman–Crippen MR) is 256 cm³/mol. The lowest BCUT2D eigenvalue weighted by molar-refractivity contribution is -0.0124. The predicted octanol–water partition coefficient (Wildman–Crippen LogP) is 5.84. The second kappa shape index (κ2) is 27.9. The van der Waals surface area contributed by atoms with Crippen molar-refractivity contribution in [1.82, 2.24) is 15.6 Å². The quantitative estimate of drug-likeness (QED) is 0.0478. The van der Waals surface area contributed by atoms with Gasteiger partial charge in [-0.15, -0.1) is 0 Å². The highest BCUT2D eigenvalue weighted by atomic mass is 16.6. The van der Waals surface area contributed by atoms with E-state index in [0.29, 0.717) is 127 Å². The SMILES string of the molecule is CCN(c1cc(-c2ccc(OCCOCCOCCOCCOCCOCCNC(=O)c3ccc(NC)c(OC)c3)cc2)cc(C(=O)NCc2c(C)cc(C)[nH]c2=O)c1C)C1CCOCC1. The molecule has 3 aromatic carbocycles. The van der Waals surface area contributed by atoms with E-state index < -0.39 is 0 Å². The summed E-state index contributed by atoms with van der Waals surface area (Å²) in [4.78, 5) is 44.2. The Labute approximate surface area is 388 Å². The van der Waals surface area contributed by atoms with Gasteiger partial charge in [0.2, 0.25) is 0 Å². The summed E-state index contributed by atoms with van der Waals surface area (Å²) in [7, 11) is 3.36. The highest BCUT2D eigenvalue weighted by molar-refractivity contribution is 5.99. The molecular weight excluding hydrogens is 847 g/mol. The van der Waals surface area contributed by atoms with Crippen LogP contribution in [0.1, 0.15) is 62.9 Å². The van der Waals surface area contributed by atoms with Gasteiger partial charge in [0.05, 0.1) is 78.9 Å². The summed E-state index contributed by atoms with van der Waals surface area (Å²) in [6.07, 6.45) is 1.84. The number of aryl methyl sites for hydroxylation is 2. The van der Waals surface area contributed by atoms with Crippen molar-refractivity contribution in [2.45, 2.75) is 53.1 Å². The molecule has 2 heterocycles. The summed E-state index contributed by atoms with van der Waals surface area (Å²) in [6, 6.07) is 19.4. The molecule has 5 rings (SSSR count). The molecular formula is C50H69N5O11. The average Bonchev–Trinajstić information content (AvgIpc) is 3.32. The van der Waals surface area contributed by atoms with E-state index in [-0.39, 0.29) is 23.9 Å². The number of nitrogens with zero attached hydrogens (tertiary/aromatic N) is 1. The van der Waals surface area contributed by atoms with Gasteiger partial charge in [-0.05, 0) is 111 Å². The number of methoxy groups -OCH3 is 1. The van der Waals surface area contributed by atoms with Crippen LogP contribution in [0.5, 0.6) is 11.5 Å². The summed E-state index contributed by atoms with van der Waals surface area (Å²) < 4.78 is 44.9. The first-order valence-electron chi connectivity index (χ1n) is 22.9. The van der Waals surface area contributed by atoms with E-state index in [2.05, 4.69) is 38.8 Å². The molecule has 0 radical (unpaired) electrons. The zero-order chi connectivity index (χ0) is 47.1. The summed E-state index contributed by atoms with van der Waals surface area (Å²) >= 11 is 0. The lowest BCUT2D eigenvalue weighted by Crippen LogP contribution is -2.40. The number of aromatic nitrogens is 1. The van der Waals surface area contributed by atoms with Crippen molar-refractivity contribution in [2.75, 3.05) is 123 Å². The number of H-pyrrole nitrogens is 1. The molecule has 0 bridgehead atoms. The normalized spacial score (nSPS) is 12.8. The Hall–Kier alpha value is -5.49. The number of carbonyl (C=O) groups is 2. The van der Waals surface area contributed by atoms with Gasteiger partial charge in [-0.3, -0.25) is 14.4 Å². The van der Waals surface area contributed by atoms with E-state index in [1.165, 1.54) is 0 Å². The molecule has 1 fully saturated rings. The van der Waals surface area contributed by atoms with E-state index in [4.69, 9.17) is 37.9 Å². The molecule has 360 valence electrons. The van der Waals surface area contributed by atoms with Gasteiger partial charge < -0.3 is 63.7 Å². The fraction of sp³-hybridized carbons (Fsp3) is 0.500. The van der Waals surface area contributed by atoms with Crippen LogP contribution >= 0.6 is 0 Å². The summed E-state index contributed by atoms with van der Waals surface area (Å²) in [5, 5.41) is 8.88. The van der Waals surface area contributed by atoms with Gasteiger partial charge in [-0.1, -0.05) is 12.1 Å². The summed E-state index contributed by atoms with van der Waals surface area (Å²) in [5.74, 6) is 0.890. The van der Waals surface area contributed by atoms with Crippen molar-refractivity contribution in [2.24, 2.45) is 0 Å². The van der Waals surface area contributed by atoms with Crippen LogP contribution in [0.2, 0.25) is 0 Å². The summed E-state index contributed by atoms with van der Waals surface area (Å²) in [5.41, 5.74) is 7.64. The Kier molecular flexibility index (Phi) is 21.7. The monoisotopic (exact) mass is 915 g/mol. The minimum Gasteiger partial charge on any atom is -0.495 e. The van der Waals surface area contributed by atoms with E-state index >= 15 is 0 Å². The molecule has 2 amide bonds. The lowest BCUT2D eigenvalue weighted by atomic mass is 9.95. The van der Waals surface area contributed by atoms with Crippen molar-refractivity contribution in [1.29, 1.82) is 0 Å². The molecule has 1 aromatic heterocycles. The molecule has 0 saturated carbocycles. The second-order valence-corrected chi connectivity index (χ2v) is 15.8. The maximum absolute atomic E-state index is 13.9. The molecule has 16 heteroatoms. The van der Waals surface area contributed by atoms with Crippen molar-refractivity contribution in [3.05, 3.63) is 105 Å². The van der Waals surface area contributed by atoms with Crippen molar-refractivity contribution < 1.29 is 47.5 Å². The Bertz CT molecular complexity index is 2180. The fourth-order valence-corrected chi connectivity index (χ4v) is 7.71. The Morgan fingerprint density at radius 3 is 1.95 bits per heavy atom. The van der Waals surface area contributed by atoms with Gasteiger partial charge >= 0.3 is 0 Å². The number of benzene rings is 3. The van der Waals surface area contributed by atoms with Crippen molar-refractivity contribution in [3.63, 3.8) is 0 Å². The van der Waals surface area contributed by atoms with Crippen LogP contribution < -0.4 is 35.9 Å². The molecule has 4 N–H and O–H groups in total. The third kappa shape index (κ3) is 15.8. The number of pyridine rings is 1. The highest BCUT2D eigenvalue weighted by Gasteiger charge is 2.25. The number of carbonyl (C=O) groups excluding carboxylic acids is 2. The molecule has 1 aliphatic heterocycles. The van der Waals surface area contributed by atoms with E-state index in [1.54, 1.807) is 32.4 Å². The Balaban J connectivity index is 0.951. The van der Waals surface area contributed by atoms with Gasteiger partial charge in [0.25, 0.3) is 17.4 Å². The van der Waals surface area contributed by atoms with Gasteiger partial charge in [-0.2, -0.15) is 0 Å². The van der Waals surface area contributed by atoms with Crippen molar-refractivity contribution >= 4 is 23.2 Å². The molecule has 0 aliphatic carbocycles. The first-order chi connectivity index (χ1) is 32.1. The topological polar surface area (TPSA) is 180 Å². The molecule has 0 atom stereocenters. The number of anilines is 2. The highest BCUT2D eigenvalue weighted by Crippen LogP contribution is 2.34. The maximum Gasteiger partial charge on any atom is 0.253 e. The molecule has 4 aromatic rings. The van der Waals surface area contributed by atoms with Gasteiger partial charge in [0, 0.05) is 74.0 Å². The molecule has 16 nitrogen and oxygen atoms in total. The largest absolute Gasteiger partial charge is 0.495 e. The van der Waals surface area contributed by atoms with Crippen LogP contribution in [0, 0.1) is 20.8 Å². The fourth-order valence-electron chi connectivity index (χ4n) is 7.71. The van der Waals surface area contributed by atoms with Crippen LogP contribution in [0.15, 0.2) is 65.5 Å². The van der Waals surface area contributed by atoms with Crippen molar-refractivity contribution in [3.8, 4) is 22.6 Å². The van der Waals surface area contributed by atoms with Crippen LogP contribution in [0.25, 0.3) is 11.1 Å². The first-order valence-corrected chi connectivity index (χ1v) is 22.9. The number of ether oxygens (including phenoxy) is 8. The maximum atomic E-state index is 13.9. The number of nitrogens with one attached hydrogen (secondary N) is 4. The van der Waals surface area contributed by atoms with Crippen LogP contribution in [0.4, 0.5) is 11.4 Å². The van der Waals surface area contributed by atoms with E-state index in [0.717, 1.165) is 58.7 Å². The molecule has 66 heavy (non-hydrogen) atoms. The number of hydrogen-bond acceptors (Lipinski definition) is 13.